The van der Waals surface area contributed by atoms with Gasteiger partial charge in [-0.1, -0.05) is 28.8 Å². The number of fused-ring (bicyclic) bond motifs is 1. The average molecular weight is 385 g/mol. The molecule has 2 heterocycles. The number of carbonyl (C=O) groups is 1. The van der Waals surface area contributed by atoms with Gasteiger partial charge in [-0.05, 0) is 59.3 Å². The summed E-state index contributed by atoms with van der Waals surface area (Å²) in [5.74, 6) is -0.278. The molecule has 1 aromatic heterocycles. The maximum absolute atomic E-state index is 13.4. The van der Waals surface area contributed by atoms with Crippen LogP contribution in [-0.2, 0) is 4.79 Å². The number of hydrogen-bond acceptors (Lipinski definition) is 5. The van der Waals surface area contributed by atoms with Gasteiger partial charge >= 0.3 is 0 Å². The first-order valence-corrected chi connectivity index (χ1v) is 8.49. The molecule has 4 rings (SSSR count). The van der Waals surface area contributed by atoms with Gasteiger partial charge in [-0.15, -0.1) is 0 Å². The van der Waals surface area contributed by atoms with Crippen molar-refractivity contribution in [1.29, 1.82) is 0 Å². The zero-order chi connectivity index (χ0) is 19.0. The fourth-order valence-corrected chi connectivity index (χ4v) is 3.12. The van der Waals surface area contributed by atoms with Crippen LogP contribution in [0.5, 0.6) is 0 Å². The Kier molecular flexibility index (Phi) is 4.33. The Balaban J connectivity index is 1.74. The number of anilines is 2. The molecule has 1 amide bonds. The van der Waals surface area contributed by atoms with Gasteiger partial charge in [0.1, 0.15) is 11.9 Å². The first-order valence-electron chi connectivity index (χ1n) is 8.11. The fourth-order valence-electron chi connectivity index (χ4n) is 2.99. The molecule has 2 aromatic carbocycles. The predicted octanol–water partition coefficient (Wildman–Crippen LogP) is 3.39. The third-order valence-corrected chi connectivity index (χ3v) is 4.50. The third kappa shape index (κ3) is 3.26. The molecule has 3 aromatic rings. The van der Waals surface area contributed by atoms with E-state index in [0.717, 1.165) is 0 Å². The highest BCUT2D eigenvalue weighted by atomic mass is 35.5. The van der Waals surface area contributed by atoms with E-state index in [-0.39, 0.29) is 11.7 Å². The normalized spacial score (nSPS) is 15.9. The van der Waals surface area contributed by atoms with Crippen LogP contribution in [0.4, 0.5) is 16.0 Å². The molecule has 0 spiro atoms. The van der Waals surface area contributed by atoms with Crippen molar-refractivity contribution in [3.8, 4) is 0 Å². The van der Waals surface area contributed by atoms with Crippen LogP contribution in [0.25, 0.3) is 0 Å². The highest BCUT2D eigenvalue weighted by molar-refractivity contribution is 6.30. The Morgan fingerprint density at radius 3 is 2.59 bits per heavy atom. The first-order chi connectivity index (χ1) is 13.0. The number of tetrazole rings is 1. The summed E-state index contributed by atoms with van der Waals surface area (Å²) >= 11 is 5.89. The van der Waals surface area contributed by atoms with Crippen molar-refractivity contribution in [3.05, 3.63) is 76.2 Å². The Labute approximate surface area is 158 Å². The van der Waals surface area contributed by atoms with Crippen LogP contribution in [0.15, 0.2) is 59.8 Å². The van der Waals surface area contributed by atoms with Crippen molar-refractivity contribution in [2.45, 2.75) is 13.0 Å². The number of carbonyl (C=O) groups excluding carboxylic acids is 1. The molecule has 0 saturated carbocycles. The molecule has 7 nitrogen and oxygen atoms in total. The van der Waals surface area contributed by atoms with Gasteiger partial charge in [0.15, 0.2) is 0 Å². The van der Waals surface area contributed by atoms with Crippen molar-refractivity contribution >= 4 is 29.1 Å². The lowest BCUT2D eigenvalue weighted by Gasteiger charge is -2.28. The maximum Gasteiger partial charge on any atom is 0.255 e. The standard InChI is InChI=1S/C18H14ClFN6O/c1-10-15(17(27)22-14-8-4-12(19)5-9-14)16(11-2-6-13(20)7-3-11)26-18(21-10)23-24-25-26/h2-9,16H,1H3,(H,22,27)(H,21,23,25). The van der Waals surface area contributed by atoms with Crippen LogP contribution in [-0.4, -0.2) is 26.1 Å². The Bertz CT molecular complexity index is 1030. The Morgan fingerprint density at radius 2 is 1.89 bits per heavy atom. The molecule has 0 radical (unpaired) electrons. The molecular formula is C18H14ClFN6O. The maximum atomic E-state index is 13.4. The molecule has 9 heteroatoms. The summed E-state index contributed by atoms with van der Waals surface area (Å²) in [7, 11) is 0. The van der Waals surface area contributed by atoms with E-state index in [4.69, 9.17) is 11.6 Å². The van der Waals surface area contributed by atoms with Crippen LogP contribution in [0.3, 0.4) is 0 Å². The number of hydrogen-bond donors (Lipinski definition) is 2. The van der Waals surface area contributed by atoms with Gasteiger partial charge in [-0.25, -0.2) is 4.39 Å². The quantitative estimate of drug-likeness (QED) is 0.723. The summed E-state index contributed by atoms with van der Waals surface area (Å²) in [5.41, 5.74) is 2.33. The lowest BCUT2D eigenvalue weighted by atomic mass is 9.95. The van der Waals surface area contributed by atoms with Crippen LogP contribution in [0.1, 0.15) is 18.5 Å². The number of nitrogens with zero attached hydrogens (tertiary/aromatic N) is 4. The molecule has 0 bridgehead atoms. The molecule has 2 N–H and O–H groups in total. The summed E-state index contributed by atoms with van der Waals surface area (Å²) in [6.07, 6.45) is 0. The first kappa shape index (κ1) is 17.2. The van der Waals surface area contributed by atoms with Crippen LogP contribution >= 0.6 is 11.6 Å². The number of nitrogens with one attached hydrogen (secondary N) is 2. The molecule has 1 unspecified atom stereocenters. The highest BCUT2D eigenvalue weighted by Crippen LogP contribution is 2.34. The summed E-state index contributed by atoms with van der Waals surface area (Å²) in [5, 5.41) is 18.0. The van der Waals surface area contributed by atoms with Crippen LogP contribution in [0, 0.1) is 5.82 Å². The van der Waals surface area contributed by atoms with E-state index in [9.17, 15) is 9.18 Å². The Hall–Kier alpha value is -3.26. The van der Waals surface area contributed by atoms with E-state index in [1.807, 2.05) is 0 Å². The van der Waals surface area contributed by atoms with E-state index in [2.05, 4.69) is 26.2 Å². The van der Waals surface area contributed by atoms with Gasteiger partial charge < -0.3 is 10.6 Å². The lowest BCUT2D eigenvalue weighted by Crippen LogP contribution is -2.31. The molecule has 136 valence electrons. The zero-order valence-corrected chi connectivity index (χ0v) is 14.9. The number of allylic oxidation sites excluding steroid dienone is 1. The van der Waals surface area contributed by atoms with E-state index >= 15 is 0 Å². The topological polar surface area (TPSA) is 84.7 Å². The van der Waals surface area contributed by atoms with Crippen molar-refractivity contribution in [3.63, 3.8) is 0 Å². The van der Waals surface area contributed by atoms with Crippen molar-refractivity contribution < 1.29 is 9.18 Å². The third-order valence-electron chi connectivity index (χ3n) is 4.25. The SMILES string of the molecule is CC1=C(C(=O)Nc2ccc(Cl)cc2)C(c2ccc(F)cc2)n2nnnc2N1. The predicted molar refractivity (Wildman–Crippen MR) is 98.8 cm³/mol. The second-order valence-electron chi connectivity index (χ2n) is 6.03. The van der Waals surface area contributed by atoms with Crippen molar-refractivity contribution in [2.75, 3.05) is 10.6 Å². The van der Waals surface area contributed by atoms with E-state index in [0.29, 0.717) is 33.5 Å². The molecular weight excluding hydrogens is 371 g/mol. The number of amides is 1. The largest absolute Gasteiger partial charge is 0.326 e. The summed E-state index contributed by atoms with van der Waals surface area (Å²) in [4.78, 5) is 13.0. The minimum atomic E-state index is -0.593. The monoisotopic (exact) mass is 384 g/mol. The van der Waals surface area contributed by atoms with Gasteiger partial charge in [0.2, 0.25) is 5.95 Å². The zero-order valence-electron chi connectivity index (χ0n) is 14.1. The number of halogens is 2. The molecule has 0 saturated heterocycles. The highest BCUT2D eigenvalue weighted by Gasteiger charge is 2.34. The van der Waals surface area contributed by atoms with Gasteiger partial charge in [-0.3, -0.25) is 4.79 Å². The number of benzene rings is 2. The lowest BCUT2D eigenvalue weighted by molar-refractivity contribution is -0.113. The molecule has 27 heavy (non-hydrogen) atoms. The van der Waals surface area contributed by atoms with Crippen molar-refractivity contribution in [2.24, 2.45) is 0 Å². The van der Waals surface area contributed by atoms with Crippen molar-refractivity contribution in [1.82, 2.24) is 20.2 Å². The summed E-state index contributed by atoms with van der Waals surface area (Å²) < 4.78 is 14.9. The Morgan fingerprint density at radius 1 is 1.19 bits per heavy atom. The smallest absolute Gasteiger partial charge is 0.255 e. The van der Waals surface area contributed by atoms with Crippen LogP contribution < -0.4 is 10.6 Å². The molecule has 1 atom stereocenters. The van der Waals surface area contributed by atoms with Gasteiger partial charge in [0.25, 0.3) is 5.91 Å². The second kappa shape index (κ2) is 6.81. The van der Waals surface area contributed by atoms with E-state index < -0.39 is 6.04 Å². The minimum Gasteiger partial charge on any atom is -0.326 e. The summed E-state index contributed by atoms with van der Waals surface area (Å²) in [6, 6.07) is 12.1. The van der Waals surface area contributed by atoms with Gasteiger partial charge in [0.05, 0.1) is 5.57 Å². The van der Waals surface area contributed by atoms with Gasteiger partial charge in [0, 0.05) is 16.4 Å². The fraction of sp³-hybridized carbons (Fsp3) is 0.111. The average Bonchev–Trinajstić information content (AvgIpc) is 3.11. The van der Waals surface area contributed by atoms with E-state index in [1.54, 1.807) is 43.3 Å². The molecule has 1 aliphatic rings. The molecule has 1 aliphatic heterocycles. The minimum absolute atomic E-state index is 0.321. The number of rotatable bonds is 3. The van der Waals surface area contributed by atoms with Crippen LogP contribution in [0.2, 0.25) is 5.02 Å². The molecule has 0 fully saturated rings. The second-order valence-corrected chi connectivity index (χ2v) is 6.46. The van der Waals surface area contributed by atoms with E-state index in [1.165, 1.54) is 16.8 Å². The molecule has 0 aliphatic carbocycles. The van der Waals surface area contributed by atoms with Gasteiger partial charge in [-0.2, -0.15) is 4.68 Å². The number of aromatic nitrogens is 4. The summed E-state index contributed by atoms with van der Waals surface area (Å²) in [6.45, 7) is 1.77.